The Bertz CT molecular complexity index is 847. The van der Waals surface area contributed by atoms with Crippen LogP contribution in [0.15, 0.2) is 12.1 Å². The SMILES string of the molecule is CCC(CC)CC(=O)NC(CCN(CCCCc1ccc2c(n1)NCCC2)CC(C)(F)COC)C(=O)O. The number of nitrogens with one attached hydrogen (secondary N) is 2. The van der Waals surface area contributed by atoms with E-state index in [1.807, 2.05) is 18.7 Å². The Balaban J connectivity index is 1.91. The van der Waals surface area contributed by atoms with Crippen LogP contribution in [0.3, 0.4) is 0 Å². The third-order valence-electron chi connectivity index (χ3n) is 7.10. The number of hydrogen-bond acceptors (Lipinski definition) is 6. The summed E-state index contributed by atoms with van der Waals surface area (Å²) in [6.07, 6.45) is 7.03. The monoisotopic (exact) mass is 522 g/mol. The van der Waals surface area contributed by atoms with Gasteiger partial charge in [-0.05, 0) is 69.5 Å². The van der Waals surface area contributed by atoms with Crippen molar-refractivity contribution in [2.45, 2.75) is 90.3 Å². The van der Waals surface area contributed by atoms with Crippen LogP contribution in [0.5, 0.6) is 0 Å². The van der Waals surface area contributed by atoms with Gasteiger partial charge < -0.3 is 20.5 Å². The largest absolute Gasteiger partial charge is 0.480 e. The van der Waals surface area contributed by atoms with E-state index in [9.17, 15) is 14.7 Å². The lowest BCUT2D eigenvalue weighted by Gasteiger charge is -2.30. The molecule has 0 bridgehead atoms. The molecule has 1 aromatic heterocycles. The second-order valence-corrected chi connectivity index (χ2v) is 10.6. The normalized spacial score (nSPS) is 15.6. The van der Waals surface area contributed by atoms with Crippen molar-refractivity contribution < 1.29 is 23.8 Å². The molecule has 1 aliphatic rings. The number of carboxylic acid groups (broad SMARTS) is 1. The summed E-state index contributed by atoms with van der Waals surface area (Å²) in [4.78, 5) is 30.9. The summed E-state index contributed by atoms with van der Waals surface area (Å²) in [5, 5.41) is 15.7. The summed E-state index contributed by atoms with van der Waals surface area (Å²) in [5.74, 6) is -0.0732. The maximum Gasteiger partial charge on any atom is 0.326 e. The van der Waals surface area contributed by atoms with E-state index in [-0.39, 0.29) is 31.4 Å². The van der Waals surface area contributed by atoms with E-state index < -0.39 is 17.7 Å². The number of amides is 1. The molecule has 0 fully saturated rings. The molecule has 1 amide bonds. The molecule has 1 aliphatic heterocycles. The molecule has 0 aromatic carbocycles. The van der Waals surface area contributed by atoms with Gasteiger partial charge >= 0.3 is 5.97 Å². The van der Waals surface area contributed by atoms with Gasteiger partial charge in [0, 0.05) is 38.9 Å². The molecular formula is C28H47FN4O4. The molecule has 0 spiro atoms. The van der Waals surface area contributed by atoms with E-state index >= 15 is 4.39 Å². The number of ether oxygens (including phenoxy) is 1. The molecule has 2 unspecified atom stereocenters. The number of hydrogen-bond donors (Lipinski definition) is 3. The maximum atomic E-state index is 15.0. The van der Waals surface area contributed by atoms with Crippen molar-refractivity contribution in [1.29, 1.82) is 0 Å². The minimum atomic E-state index is -1.56. The van der Waals surface area contributed by atoms with Gasteiger partial charge in [-0.2, -0.15) is 0 Å². The molecule has 3 N–H and O–H groups in total. The first kappa shape index (κ1) is 31.0. The summed E-state index contributed by atoms with van der Waals surface area (Å²) >= 11 is 0. The third kappa shape index (κ3) is 11.3. The number of carbonyl (C=O) groups is 2. The average Bonchev–Trinajstić information content (AvgIpc) is 2.86. The van der Waals surface area contributed by atoms with E-state index in [2.05, 4.69) is 22.8 Å². The minimum Gasteiger partial charge on any atom is -0.480 e. The van der Waals surface area contributed by atoms with Crippen molar-refractivity contribution in [3.05, 3.63) is 23.4 Å². The molecule has 0 radical (unpaired) electrons. The number of aromatic nitrogens is 1. The number of methoxy groups -OCH3 is 1. The first-order chi connectivity index (χ1) is 17.7. The van der Waals surface area contributed by atoms with Gasteiger partial charge in [-0.3, -0.25) is 9.69 Å². The second kappa shape index (κ2) is 15.9. The highest BCUT2D eigenvalue weighted by molar-refractivity contribution is 5.83. The van der Waals surface area contributed by atoms with E-state index in [0.29, 0.717) is 19.5 Å². The predicted octanol–water partition coefficient (Wildman–Crippen LogP) is 4.22. The molecule has 37 heavy (non-hydrogen) atoms. The number of halogens is 1. The number of nitrogens with zero attached hydrogens (tertiary/aromatic N) is 2. The Morgan fingerprint density at radius 3 is 2.70 bits per heavy atom. The van der Waals surface area contributed by atoms with Crippen LogP contribution in [0.25, 0.3) is 0 Å². The fourth-order valence-electron chi connectivity index (χ4n) is 4.89. The van der Waals surface area contributed by atoms with E-state index in [4.69, 9.17) is 9.72 Å². The molecule has 210 valence electrons. The fourth-order valence-corrected chi connectivity index (χ4v) is 4.89. The van der Waals surface area contributed by atoms with Crippen molar-refractivity contribution in [2.75, 3.05) is 45.2 Å². The second-order valence-electron chi connectivity index (χ2n) is 10.6. The number of fused-ring (bicyclic) bond motifs is 1. The number of carbonyl (C=O) groups excluding carboxylic acids is 1. The Kier molecular flexibility index (Phi) is 13.3. The molecule has 2 rings (SSSR count). The Labute approximate surface area is 221 Å². The summed E-state index contributed by atoms with van der Waals surface area (Å²) < 4.78 is 20.1. The first-order valence-electron chi connectivity index (χ1n) is 13.8. The lowest BCUT2D eigenvalue weighted by atomic mass is 9.99. The van der Waals surface area contributed by atoms with Crippen molar-refractivity contribution in [3.8, 4) is 0 Å². The average molecular weight is 523 g/mol. The summed E-state index contributed by atoms with van der Waals surface area (Å²) in [7, 11) is 1.47. The topological polar surface area (TPSA) is 104 Å². The van der Waals surface area contributed by atoms with E-state index in [0.717, 1.165) is 63.0 Å². The molecular weight excluding hydrogens is 475 g/mol. The van der Waals surface area contributed by atoms with Crippen LogP contribution in [0, 0.1) is 5.92 Å². The molecule has 8 nitrogen and oxygen atoms in total. The Morgan fingerprint density at radius 2 is 2.03 bits per heavy atom. The smallest absolute Gasteiger partial charge is 0.326 e. The van der Waals surface area contributed by atoms with Crippen molar-refractivity contribution in [2.24, 2.45) is 5.92 Å². The van der Waals surface area contributed by atoms with Gasteiger partial charge in [0.1, 0.15) is 17.5 Å². The lowest BCUT2D eigenvalue weighted by Crippen LogP contribution is -2.46. The number of anilines is 1. The van der Waals surface area contributed by atoms with Gasteiger partial charge in [0.2, 0.25) is 5.91 Å². The van der Waals surface area contributed by atoms with Gasteiger partial charge in [-0.1, -0.05) is 32.8 Å². The highest BCUT2D eigenvalue weighted by Gasteiger charge is 2.28. The van der Waals surface area contributed by atoms with Crippen molar-refractivity contribution >= 4 is 17.7 Å². The number of aryl methyl sites for hydroxylation is 2. The molecule has 0 saturated carbocycles. The first-order valence-corrected chi connectivity index (χ1v) is 13.8. The Morgan fingerprint density at radius 1 is 1.27 bits per heavy atom. The van der Waals surface area contributed by atoms with Gasteiger partial charge in [0.05, 0.1) is 6.61 Å². The van der Waals surface area contributed by atoms with Crippen molar-refractivity contribution in [1.82, 2.24) is 15.2 Å². The molecule has 2 heterocycles. The van der Waals surface area contributed by atoms with Gasteiger partial charge in [0.15, 0.2) is 0 Å². The van der Waals surface area contributed by atoms with Crippen LogP contribution in [0.2, 0.25) is 0 Å². The van der Waals surface area contributed by atoms with Crippen molar-refractivity contribution in [3.63, 3.8) is 0 Å². The number of rotatable bonds is 18. The molecule has 0 aliphatic carbocycles. The zero-order chi connectivity index (χ0) is 27.3. The quantitative estimate of drug-likeness (QED) is 0.248. The van der Waals surface area contributed by atoms with Crippen LogP contribution < -0.4 is 10.6 Å². The Hall–Kier alpha value is -2.26. The van der Waals surface area contributed by atoms with Crippen LogP contribution in [-0.2, 0) is 27.2 Å². The summed E-state index contributed by atoms with van der Waals surface area (Å²) in [5.41, 5.74) is 0.750. The molecule has 0 saturated heterocycles. The van der Waals surface area contributed by atoms with E-state index in [1.165, 1.54) is 19.6 Å². The number of unbranched alkanes of at least 4 members (excludes halogenated alkanes) is 1. The maximum absolute atomic E-state index is 15.0. The number of alkyl halides is 1. The molecule has 9 heteroatoms. The molecule has 2 atom stereocenters. The standard InChI is InChI=1S/C28H47FN4O4/c1-5-21(6-2)18-25(34)32-24(27(35)36)14-17-33(19-28(3,29)20-37-4)16-8-7-11-23-13-12-22-10-9-15-30-26(22)31-23/h12-13,21,24H,5-11,14-20H2,1-4H3,(H,30,31)(H,32,34)(H,35,36). The zero-order valence-electron chi connectivity index (χ0n) is 23.2. The highest BCUT2D eigenvalue weighted by atomic mass is 19.1. The summed E-state index contributed by atoms with van der Waals surface area (Å²) in [6.45, 7) is 7.60. The molecule has 1 aromatic rings. The van der Waals surface area contributed by atoms with Crippen LogP contribution in [-0.4, -0.2) is 78.5 Å². The number of pyridine rings is 1. The number of carboxylic acids is 1. The van der Waals surface area contributed by atoms with Crippen LogP contribution in [0.4, 0.5) is 10.2 Å². The number of aliphatic carboxylic acids is 1. The van der Waals surface area contributed by atoms with E-state index in [1.54, 1.807) is 0 Å². The van der Waals surface area contributed by atoms with Gasteiger partial charge in [-0.25, -0.2) is 14.2 Å². The van der Waals surface area contributed by atoms with Crippen LogP contribution in [0.1, 0.15) is 77.0 Å². The van der Waals surface area contributed by atoms with Gasteiger partial charge in [-0.15, -0.1) is 0 Å². The summed E-state index contributed by atoms with van der Waals surface area (Å²) in [6, 6.07) is 3.24. The highest BCUT2D eigenvalue weighted by Crippen LogP contribution is 2.21. The van der Waals surface area contributed by atoms with Gasteiger partial charge in [0.25, 0.3) is 0 Å². The minimum absolute atomic E-state index is 0.0376. The predicted molar refractivity (Wildman–Crippen MR) is 145 cm³/mol. The van der Waals surface area contributed by atoms with Crippen LogP contribution >= 0.6 is 0 Å². The lowest BCUT2D eigenvalue weighted by molar-refractivity contribution is -0.142. The third-order valence-corrected chi connectivity index (χ3v) is 7.10. The zero-order valence-corrected chi connectivity index (χ0v) is 23.2. The fraction of sp³-hybridized carbons (Fsp3) is 0.750.